The number of ether oxygens (including phenoxy) is 2. The van der Waals surface area contributed by atoms with E-state index in [4.69, 9.17) is 13.9 Å². The van der Waals surface area contributed by atoms with Gasteiger partial charge in [-0.1, -0.05) is 0 Å². The molecular formula is C14H23NO4. The Balaban J connectivity index is 1.64. The molecule has 1 fully saturated rings. The van der Waals surface area contributed by atoms with Gasteiger partial charge in [0.2, 0.25) is 0 Å². The van der Waals surface area contributed by atoms with Crippen LogP contribution in [0, 0.1) is 0 Å². The van der Waals surface area contributed by atoms with E-state index in [2.05, 4.69) is 4.90 Å². The third-order valence-corrected chi connectivity index (χ3v) is 3.44. The highest BCUT2D eigenvalue weighted by atomic mass is 16.5. The maximum absolute atomic E-state index is 9.99. The standard InChI is InChI=1S/C14H23NO4/c1-17-9-12-4-2-6-15(12)8-13(16)10-18-11-14-5-3-7-19-14/h3,5,7,12-13,16H,2,4,6,8-11H2,1H3. The van der Waals surface area contributed by atoms with Crippen LogP contribution in [0.25, 0.3) is 0 Å². The van der Waals surface area contributed by atoms with E-state index < -0.39 is 6.10 Å². The Labute approximate surface area is 114 Å². The average Bonchev–Trinajstić information content (AvgIpc) is 3.02. The van der Waals surface area contributed by atoms with E-state index in [0.29, 0.717) is 25.8 Å². The molecule has 1 N–H and O–H groups in total. The van der Waals surface area contributed by atoms with Gasteiger partial charge in [0.1, 0.15) is 12.4 Å². The molecule has 2 heterocycles. The van der Waals surface area contributed by atoms with Gasteiger partial charge in [-0.05, 0) is 31.5 Å². The van der Waals surface area contributed by atoms with Gasteiger partial charge in [-0.25, -0.2) is 0 Å². The number of hydrogen-bond donors (Lipinski definition) is 1. The predicted molar refractivity (Wildman–Crippen MR) is 70.8 cm³/mol. The molecule has 19 heavy (non-hydrogen) atoms. The molecular weight excluding hydrogens is 246 g/mol. The van der Waals surface area contributed by atoms with Crippen LogP contribution in [0.4, 0.5) is 0 Å². The number of aliphatic hydroxyl groups is 1. The molecule has 1 aliphatic heterocycles. The second-order valence-corrected chi connectivity index (χ2v) is 4.99. The van der Waals surface area contributed by atoms with Crippen molar-refractivity contribution in [2.75, 3.05) is 33.4 Å². The zero-order chi connectivity index (χ0) is 13.5. The van der Waals surface area contributed by atoms with Crippen molar-refractivity contribution in [2.24, 2.45) is 0 Å². The molecule has 1 aliphatic rings. The maximum atomic E-state index is 9.99. The summed E-state index contributed by atoms with van der Waals surface area (Å²) in [6.07, 6.45) is 3.48. The maximum Gasteiger partial charge on any atom is 0.129 e. The molecule has 0 aromatic carbocycles. The van der Waals surface area contributed by atoms with Crippen LogP contribution in [0.3, 0.4) is 0 Å². The topological polar surface area (TPSA) is 55.1 Å². The number of nitrogens with zero attached hydrogens (tertiary/aromatic N) is 1. The highest BCUT2D eigenvalue weighted by molar-refractivity contribution is 4.96. The zero-order valence-electron chi connectivity index (χ0n) is 11.5. The van der Waals surface area contributed by atoms with E-state index in [1.54, 1.807) is 13.4 Å². The minimum atomic E-state index is -0.465. The zero-order valence-corrected chi connectivity index (χ0v) is 11.5. The van der Waals surface area contributed by atoms with Crippen LogP contribution in [0.5, 0.6) is 0 Å². The van der Waals surface area contributed by atoms with Gasteiger partial charge in [0, 0.05) is 19.7 Å². The number of β-amino-alcohol motifs (C(OH)–C–C–N with tert-alkyl or cyclic N) is 1. The summed E-state index contributed by atoms with van der Waals surface area (Å²) in [6.45, 7) is 3.15. The minimum absolute atomic E-state index is 0.330. The predicted octanol–water partition coefficient (Wildman–Crippen LogP) is 1.27. The minimum Gasteiger partial charge on any atom is -0.467 e. The van der Waals surface area contributed by atoms with Crippen molar-refractivity contribution in [3.8, 4) is 0 Å². The summed E-state index contributed by atoms with van der Waals surface area (Å²) >= 11 is 0. The van der Waals surface area contributed by atoms with Crippen molar-refractivity contribution in [1.82, 2.24) is 4.90 Å². The van der Waals surface area contributed by atoms with Gasteiger partial charge in [0.15, 0.2) is 0 Å². The van der Waals surface area contributed by atoms with E-state index >= 15 is 0 Å². The molecule has 1 aromatic heterocycles. The second kappa shape index (κ2) is 7.65. The molecule has 2 atom stereocenters. The van der Waals surface area contributed by atoms with Crippen molar-refractivity contribution in [3.63, 3.8) is 0 Å². The molecule has 108 valence electrons. The molecule has 2 rings (SSSR count). The molecule has 2 unspecified atom stereocenters. The third kappa shape index (κ3) is 4.62. The van der Waals surface area contributed by atoms with E-state index in [-0.39, 0.29) is 0 Å². The van der Waals surface area contributed by atoms with Crippen molar-refractivity contribution in [3.05, 3.63) is 24.2 Å². The fourth-order valence-electron chi connectivity index (χ4n) is 2.53. The van der Waals surface area contributed by atoms with Gasteiger partial charge >= 0.3 is 0 Å². The smallest absolute Gasteiger partial charge is 0.129 e. The van der Waals surface area contributed by atoms with Crippen LogP contribution in [0.1, 0.15) is 18.6 Å². The molecule has 0 amide bonds. The van der Waals surface area contributed by atoms with Crippen LogP contribution in [0.2, 0.25) is 0 Å². The number of methoxy groups -OCH3 is 1. The number of likely N-dealkylation sites (tertiary alicyclic amines) is 1. The lowest BCUT2D eigenvalue weighted by Crippen LogP contribution is -2.40. The molecule has 1 aromatic rings. The molecule has 0 bridgehead atoms. The largest absolute Gasteiger partial charge is 0.467 e. The van der Waals surface area contributed by atoms with Crippen molar-refractivity contribution in [2.45, 2.75) is 31.6 Å². The van der Waals surface area contributed by atoms with Gasteiger partial charge in [-0.2, -0.15) is 0 Å². The van der Waals surface area contributed by atoms with Gasteiger partial charge in [-0.3, -0.25) is 4.90 Å². The molecule has 0 spiro atoms. The van der Waals surface area contributed by atoms with Gasteiger partial charge in [-0.15, -0.1) is 0 Å². The number of aliphatic hydroxyl groups excluding tert-OH is 1. The van der Waals surface area contributed by atoms with Crippen LogP contribution in [0.15, 0.2) is 22.8 Å². The fourth-order valence-corrected chi connectivity index (χ4v) is 2.53. The summed E-state index contributed by atoms with van der Waals surface area (Å²) < 4.78 is 15.8. The first-order valence-electron chi connectivity index (χ1n) is 6.80. The van der Waals surface area contributed by atoms with E-state index in [1.807, 2.05) is 12.1 Å². The Morgan fingerprint density at radius 2 is 2.47 bits per heavy atom. The Bertz CT molecular complexity index is 341. The van der Waals surface area contributed by atoms with E-state index in [9.17, 15) is 5.11 Å². The lowest BCUT2D eigenvalue weighted by molar-refractivity contribution is -0.00220. The highest BCUT2D eigenvalue weighted by Crippen LogP contribution is 2.17. The first-order chi connectivity index (χ1) is 9.29. The number of rotatable bonds is 8. The van der Waals surface area contributed by atoms with Crippen LogP contribution >= 0.6 is 0 Å². The van der Waals surface area contributed by atoms with Gasteiger partial charge in [0.05, 0.1) is 25.6 Å². The van der Waals surface area contributed by atoms with Crippen molar-refractivity contribution < 1.29 is 19.0 Å². The van der Waals surface area contributed by atoms with E-state index in [1.165, 1.54) is 6.42 Å². The molecule has 5 heteroatoms. The second-order valence-electron chi connectivity index (χ2n) is 4.99. The quantitative estimate of drug-likeness (QED) is 0.770. The van der Waals surface area contributed by atoms with Crippen molar-refractivity contribution in [1.29, 1.82) is 0 Å². The lowest BCUT2D eigenvalue weighted by atomic mass is 10.2. The Morgan fingerprint density at radius 3 is 3.21 bits per heavy atom. The SMILES string of the molecule is COCC1CCCN1CC(O)COCc1ccco1. The first kappa shape index (κ1) is 14.5. The normalized spacial score (nSPS) is 21.9. The molecule has 5 nitrogen and oxygen atoms in total. The van der Waals surface area contributed by atoms with Crippen LogP contribution in [-0.2, 0) is 16.1 Å². The Kier molecular flexibility index (Phi) is 5.85. The lowest BCUT2D eigenvalue weighted by Gasteiger charge is -2.26. The summed E-state index contributed by atoms with van der Waals surface area (Å²) in [6, 6.07) is 4.13. The van der Waals surface area contributed by atoms with Gasteiger partial charge in [0.25, 0.3) is 0 Å². The van der Waals surface area contributed by atoms with Gasteiger partial charge < -0.3 is 19.0 Å². The highest BCUT2D eigenvalue weighted by Gasteiger charge is 2.26. The molecule has 0 radical (unpaired) electrons. The summed E-state index contributed by atoms with van der Waals surface area (Å²) in [5, 5.41) is 9.99. The van der Waals surface area contributed by atoms with Crippen LogP contribution < -0.4 is 0 Å². The first-order valence-corrected chi connectivity index (χ1v) is 6.80. The van der Waals surface area contributed by atoms with E-state index in [0.717, 1.165) is 25.3 Å². The Morgan fingerprint density at radius 1 is 1.58 bits per heavy atom. The number of furan rings is 1. The monoisotopic (exact) mass is 269 g/mol. The third-order valence-electron chi connectivity index (χ3n) is 3.44. The molecule has 0 aliphatic carbocycles. The van der Waals surface area contributed by atoms with Crippen LogP contribution in [-0.4, -0.2) is 55.6 Å². The molecule has 0 saturated carbocycles. The summed E-state index contributed by atoms with van der Waals surface area (Å²) in [5.41, 5.74) is 0. The van der Waals surface area contributed by atoms with Crippen molar-refractivity contribution >= 4 is 0 Å². The Hall–Kier alpha value is -0.880. The average molecular weight is 269 g/mol. The summed E-state index contributed by atoms with van der Waals surface area (Å²) in [5.74, 6) is 0.783. The summed E-state index contributed by atoms with van der Waals surface area (Å²) in [4.78, 5) is 2.28. The number of hydrogen-bond acceptors (Lipinski definition) is 5. The fraction of sp³-hybridized carbons (Fsp3) is 0.714. The summed E-state index contributed by atoms with van der Waals surface area (Å²) in [7, 11) is 1.72. The molecule has 1 saturated heterocycles.